The van der Waals surface area contributed by atoms with Crippen molar-refractivity contribution in [1.29, 1.82) is 0 Å². The van der Waals surface area contributed by atoms with E-state index in [-0.39, 0.29) is 0 Å². The third-order valence-corrected chi connectivity index (χ3v) is 4.31. The van der Waals surface area contributed by atoms with Crippen LogP contribution in [0.2, 0.25) is 0 Å². The van der Waals surface area contributed by atoms with Crippen LogP contribution in [0.3, 0.4) is 0 Å². The number of rotatable bonds is 7. The van der Waals surface area contributed by atoms with Crippen molar-refractivity contribution < 1.29 is 0 Å². The molecule has 0 aromatic heterocycles. The largest absolute Gasteiger partial charge is 0.327 e. The molecular formula is C15H32N2. The molecule has 0 spiro atoms. The summed E-state index contributed by atoms with van der Waals surface area (Å²) in [6, 6.07) is 0.971. The van der Waals surface area contributed by atoms with Crippen LogP contribution in [0, 0.1) is 5.92 Å². The molecule has 3 unspecified atom stereocenters. The summed E-state index contributed by atoms with van der Waals surface area (Å²) >= 11 is 0. The molecule has 0 bridgehead atoms. The SMILES string of the molecule is CCCCC(CC)CN1CCCCC1C(C)N. The fraction of sp³-hybridized carbons (Fsp3) is 1.00. The molecule has 0 amide bonds. The lowest BCUT2D eigenvalue weighted by molar-refractivity contribution is 0.106. The van der Waals surface area contributed by atoms with Crippen molar-refractivity contribution in [3.05, 3.63) is 0 Å². The van der Waals surface area contributed by atoms with Gasteiger partial charge in [-0.3, -0.25) is 4.90 Å². The number of unbranched alkanes of at least 4 members (excludes halogenated alkanes) is 1. The molecule has 1 aliphatic heterocycles. The van der Waals surface area contributed by atoms with Gasteiger partial charge in [0.25, 0.3) is 0 Å². The fourth-order valence-electron chi connectivity index (χ4n) is 3.09. The summed E-state index contributed by atoms with van der Waals surface area (Å²) in [6.07, 6.45) is 9.48. The van der Waals surface area contributed by atoms with Gasteiger partial charge in [0.2, 0.25) is 0 Å². The average molecular weight is 240 g/mol. The quantitative estimate of drug-likeness (QED) is 0.739. The second-order valence-corrected chi connectivity index (χ2v) is 5.83. The Labute approximate surface area is 108 Å². The zero-order valence-corrected chi connectivity index (χ0v) is 12.1. The predicted octanol–water partition coefficient (Wildman–Crippen LogP) is 3.40. The van der Waals surface area contributed by atoms with Gasteiger partial charge in [-0.1, -0.05) is 39.5 Å². The monoisotopic (exact) mass is 240 g/mol. The highest BCUT2D eigenvalue weighted by molar-refractivity contribution is 4.84. The molecule has 2 nitrogen and oxygen atoms in total. The van der Waals surface area contributed by atoms with E-state index in [1.165, 1.54) is 58.0 Å². The highest BCUT2D eigenvalue weighted by Crippen LogP contribution is 2.23. The Hall–Kier alpha value is -0.0800. The van der Waals surface area contributed by atoms with E-state index in [1.54, 1.807) is 0 Å². The van der Waals surface area contributed by atoms with Gasteiger partial charge in [0.15, 0.2) is 0 Å². The Kier molecular flexibility index (Phi) is 7.14. The molecule has 0 aliphatic carbocycles. The van der Waals surface area contributed by atoms with E-state index in [1.807, 2.05) is 0 Å². The van der Waals surface area contributed by atoms with Crippen molar-refractivity contribution in [3.8, 4) is 0 Å². The first-order valence-electron chi connectivity index (χ1n) is 7.68. The fourth-order valence-corrected chi connectivity index (χ4v) is 3.09. The van der Waals surface area contributed by atoms with E-state index in [0.29, 0.717) is 12.1 Å². The highest BCUT2D eigenvalue weighted by atomic mass is 15.2. The molecule has 1 rings (SSSR count). The van der Waals surface area contributed by atoms with Crippen molar-refractivity contribution in [1.82, 2.24) is 4.90 Å². The number of hydrogen-bond donors (Lipinski definition) is 1. The van der Waals surface area contributed by atoms with E-state index in [9.17, 15) is 0 Å². The first-order valence-corrected chi connectivity index (χ1v) is 7.68. The van der Waals surface area contributed by atoms with Gasteiger partial charge in [-0.15, -0.1) is 0 Å². The van der Waals surface area contributed by atoms with Crippen LogP contribution in [0.5, 0.6) is 0 Å². The molecule has 0 aromatic rings. The molecule has 1 fully saturated rings. The van der Waals surface area contributed by atoms with Gasteiger partial charge < -0.3 is 5.73 Å². The van der Waals surface area contributed by atoms with E-state index in [2.05, 4.69) is 25.7 Å². The Morgan fingerprint density at radius 2 is 2.06 bits per heavy atom. The molecule has 0 aromatic carbocycles. The van der Waals surface area contributed by atoms with Crippen LogP contribution < -0.4 is 5.73 Å². The van der Waals surface area contributed by atoms with E-state index >= 15 is 0 Å². The lowest BCUT2D eigenvalue weighted by Gasteiger charge is -2.40. The molecule has 0 radical (unpaired) electrons. The van der Waals surface area contributed by atoms with Crippen molar-refractivity contribution in [3.63, 3.8) is 0 Å². The number of nitrogens with two attached hydrogens (primary N) is 1. The Morgan fingerprint density at radius 3 is 2.65 bits per heavy atom. The standard InChI is InChI=1S/C15H32N2/c1-4-6-9-14(5-2)12-17-11-8-7-10-15(17)13(3)16/h13-15H,4-12,16H2,1-3H3. The molecule has 2 heteroatoms. The molecular weight excluding hydrogens is 208 g/mol. The Balaban J connectivity index is 2.44. The lowest BCUT2D eigenvalue weighted by Crippen LogP contribution is -2.50. The van der Waals surface area contributed by atoms with Gasteiger partial charge >= 0.3 is 0 Å². The molecule has 17 heavy (non-hydrogen) atoms. The first kappa shape index (κ1) is 15.0. The topological polar surface area (TPSA) is 29.3 Å². The zero-order chi connectivity index (χ0) is 12.7. The maximum atomic E-state index is 6.13. The molecule has 3 atom stereocenters. The van der Waals surface area contributed by atoms with E-state index < -0.39 is 0 Å². The normalized spacial score (nSPS) is 25.8. The summed E-state index contributed by atoms with van der Waals surface area (Å²) in [5, 5.41) is 0. The number of piperidine rings is 1. The molecule has 1 saturated heterocycles. The molecule has 2 N–H and O–H groups in total. The van der Waals surface area contributed by atoms with Crippen LogP contribution in [-0.4, -0.2) is 30.1 Å². The lowest BCUT2D eigenvalue weighted by atomic mass is 9.93. The second-order valence-electron chi connectivity index (χ2n) is 5.83. The van der Waals surface area contributed by atoms with E-state index in [0.717, 1.165) is 5.92 Å². The van der Waals surface area contributed by atoms with E-state index in [4.69, 9.17) is 5.73 Å². The zero-order valence-electron chi connectivity index (χ0n) is 12.1. The third-order valence-electron chi connectivity index (χ3n) is 4.31. The van der Waals surface area contributed by atoms with Crippen LogP contribution in [0.15, 0.2) is 0 Å². The maximum absolute atomic E-state index is 6.13. The molecule has 1 heterocycles. The maximum Gasteiger partial charge on any atom is 0.0244 e. The number of likely N-dealkylation sites (tertiary alicyclic amines) is 1. The first-order chi connectivity index (χ1) is 8.19. The Bertz CT molecular complexity index is 191. The summed E-state index contributed by atoms with van der Waals surface area (Å²) < 4.78 is 0. The molecule has 0 saturated carbocycles. The minimum atomic E-state index is 0.332. The van der Waals surface area contributed by atoms with Crippen LogP contribution in [0.25, 0.3) is 0 Å². The molecule has 1 aliphatic rings. The van der Waals surface area contributed by atoms with Gasteiger partial charge in [-0.05, 0) is 38.6 Å². The Morgan fingerprint density at radius 1 is 1.29 bits per heavy atom. The number of nitrogens with zero attached hydrogens (tertiary/aromatic N) is 1. The third kappa shape index (κ3) is 4.97. The van der Waals surface area contributed by atoms with Crippen LogP contribution in [0.1, 0.15) is 65.7 Å². The summed E-state index contributed by atoms with van der Waals surface area (Å²) in [4.78, 5) is 2.68. The summed E-state index contributed by atoms with van der Waals surface area (Å²) in [5.41, 5.74) is 6.13. The van der Waals surface area contributed by atoms with Gasteiger partial charge in [0.1, 0.15) is 0 Å². The summed E-state index contributed by atoms with van der Waals surface area (Å²) in [6.45, 7) is 9.36. The van der Waals surface area contributed by atoms with Crippen LogP contribution >= 0.6 is 0 Å². The second kappa shape index (κ2) is 8.10. The number of hydrogen-bond acceptors (Lipinski definition) is 2. The van der Waals surface area contributed by atoms with Gasteiger partial charge in [-0.25, -0.2) is 0 Å². The van der Waals surface area contributed by atoms with Crippen LogP contribution in [-0.2, 0) is 0 Å². The van der Waals surface area contributed by atoms with Gasteiger partial charge in [0, 0.05) is 18.6 Å². The predicted molar refractivity (Wildman–Crippen MR) is 76.2 cm³/mol. The van der Waals surface area contributed by atoms with Crippen molar-refractivity contribution in [2.75, 3.05) is 13.1 Å². The highest BCUT2D eigenvalue weighted by Gasteiger charge is 2.26. The minimum absolute atomic E-state index is 0.332. The van der Waals surface area contributed by atoms with Crippen molar-refractivity contribution in [2.45, 2.75) is 77.8 Å². The van der Waals surface area contributed by atoms with Gasteiger partial charge in [-0.2, -0.15) is 0 Å². The van der Waals surface area contributed by atoms with Crippen LogP contribution in [0.4, 0.5) is 0 Å². The van der Waals surface area contributed by atoms with Crippen molar-refractivity contribution >= 4 is 0 Å². The van der Waals surface area contributed by atoms with Crippen molar-refractivity contribution in [2.24, 2.45) is 11.7 Å². The van der Waals surface area contributed by atoms with Gasteiger partial charge in [0.05, 0.1) is 0 Å². The smallest absolute Gasteiger partial charge is 0.0244 e. The summed E-state index contributed by atoms with van der Waals surface area (Å²) in [7, 11) is 0. The average Bonchev–Trinajstić information content (AvgIpc) is 2.34. The molecule has 102 valence electrons. The summed E-state index contributed by atoms with van der Waals surface area (Å²) in [5.74, 6) is 0.884. The minimum Gasteiger partial charge on any atom is -0.327 e.